The number of thiazole rings is 1. The summed E-state index contributed by atoms with van der Waals surface area (Å²) in [6.45, 7) is 5.98. The molecule has 0 aliphatic heterocycles. The van der Waals surface area contributed by atoms with E-state index in [4.69, 9.17) is 5.73 Å². The number of rotatable bonds is 6. The second-order valence-electron chi connectivity index (χ2n) is 4.63. The van der Waals surface area contributed by atoms with Gasteiger partial charge in [-0.3, -0.25) is 9.59 Å². The van der Waals surface area contributed by atoms with Crippen molar-refractivity contribution in [2.75, 3.05) is 6.54 Å². The first-order chi connectivity index (χ1) is 8.90. The Labute approximate surface area is 116 Å². The predicted molar refractivity (Wildman–Crippen MR) is 74.5 cm³/mol. The Bertz CT molecular complexity index is 445. The quantitative estimate of drug-likeness (QED) is 0.693. The Kier molecular flexibility index (Phi) is 5.91. The molecule has 0 aromatic carbocycles. The van der Waals surface area contributed by atoms with Crippen molar-refractivity contribution in [3.05, 3.63) is 16.1 Å². The maximum atomic E-state index is 11.5. The molecular formula is C12H20N4O2S. The lowest BCUT2D eigenvalue weighted by Gasteiger charge is -2.14. The second-order valence-corrected chi connectivity index (χ2v) is 5.95. The Morgan fingerprint density at radius 1 is 1.42 bits per heavy atom. The first kappa shape index (κ1) is 15.6. The average molecular weight is 284 g/mol. The summed E-state index contributed by atoms with van der Waals surface area (Å²) in [5.41, 5.74) is 5.66. The van der Waals surface area contributed by atoms with Crippen LogP contribution in [-0.4, -0.2) is 29.4 Å². The highest BCUT2D eigenvalue weighted by molar-refractivity contribution is 7.11. The third kappa shape index (κ3) is 5.35. The minimum absolute atomic E-state index is 0.0429. The molecule has 0 saturated heterocycles. The standard InChI is InChI=1S/C12H20N4O2S/c1-7(2)11(13)12(18)16-5-9(17)14-6-10-15-4-8(3)19-10/h4,7,11H,5-6,13H2,1-3H3,(H,14,17)(H,16,18)/t11-/m0/s1. The minimum atomic E-state index is -0.589. The summed E-state index contributed by atoms with van der Waals surface area (Å²) in [5, 5.41) is 6.04. The van der Waals surface area contributed by atoms with E-state index < -0.39 is 6.04 Å². The largest absolute Gasteiger partial charge is 0.348 e. The van der Waals surface area contributed by atoms with Crippen LogP contribution in [0.1, 0.15) is 23.7 Å². The highest BCUT2D eigenvalue weighted by Crippen LogP contribution is 2.10. The number of carbonyl (C=O) groups is 2. The molecule has 4 N–H and O–H groups in total. The molecule has 0 aliphatic rings. The van der Waals surface area contributed by atoms with Gasteiger partial charge in [-0.1, -0.05) is 13.8 Å². The summed E-state index contributed by atoms with van der Waals surface area (Å²) in [6.07, 6.45) is 1.76. The molecule has 0 fully saturated rings. The van der Waals surface area contributed by atoms with Gasteiger partial charge in [0.05, 0.1) is 19.1 Å². The molecule has 2 amide bonds. The fraction of sp³-hybridized carbons (Fsp3) is 0.583. The van der Waals surface area contributed by atoms with E-state index in [1.165, 1.54) is 11.3 Å². The number of carbonyl (C=O) groups excluding carboxylic acids is 2. The number of nitrogens with two attached hydrogens (primary N) is 1. The Morgan fingerprint density at radius 2 is 2.11 bits per heavy atom. The first-order valence-corrected chi connectivity index (χ1v) is 6.93. The topological polar surface area (TPSA) is 97.1 Å². The van der Waals surface area contributed by atoms with Gasteiger partial charge in [0.1, 0.15) is 5.01 Å². The van der Waals surface area contributed by atoms with Crippen LogP contribution in [-0.2, 0) is 16.1 Å². The lowest BCUT2D eigenvalue weighted by Crippen LogP contribution is -2.47. The number of aryl methyl sites for hydroxylation is 1. The molecule has 0 saturated carbocycles. The van der Waals surface area contributed by atoms with Gasteiger partial charge in [0.25, 0.3) is 0 Å². The zero-order valence-electron chi connectivity index (χ0n) is 11.4. The van der Waals surface area contributed by atoms with E-state index in [-0.39, 0.29) is 24.3 Å². The average Bonchev–Trinajstić information content (AvgIpc) is 2.78. The Hall–Kier alpha value is -1.47. The predicted octanol–water partition coefficient (Wildman–Crippen LogP) is 0.167. The fourth-order valence-electron chi connectivity index (χ4n) is 1.31. The second kappa shape index (κ2) is 7.20. The number of amides is 2. The lowest BCUT2D eigenvalue weighted by atomic mass is 10.1. The van der Waals surface area contributed by atoms with Crippen LogP contribution in [0.15, 0.2) is 6.20 Å². The van der Waals surface area contributed by atoms with Crippen molar-refractivity contribution in [2.24, 2.45) is 11.7 Å². The molecule has 106 valence electrons. The highest BCUT2D eigenvalue weighted by atomic mass is 32.1. The van der Waals surface area contributed by atoms with E-state index >= 15 is 0 Å². The van der Waals surface area contributed by atoms with Gasteiger partial charge in [-0.25, -0.2) is 4.98 Å². The third-order valence-electron chi connectivity index (χ3n) is 2.55. The molecule has 1 aromatic rings. The van der Waals surface area contributed by atoms with E-state index in [9.17, 15) is 9.59 Å². The zero-order valence-corrected chi connectivity index (χ0v) is 12.2. The molecule has 0 unspecified atom stereocenters. The van der Waals surface area contributed by atoms with Crippen molar-refractivity contribution in [2.45, 2.75) is 33.4 Å². The van der Waals surface area contributed by atoms with Gasteiger partial charge >= 0.3 is 0 Å². The van der Waals surface area contributed by atoms with Crippen LogP contribution in [0.4, 0.5) is 0 Å². The van der Waals surface area contributed by atoms with Crippen LogP contribution in [0.25, 0.3) is 0 Å². The summed E-state index contributed by atoms with van der Waals surface area (Å²) in [4.78, 5) is 28.3. The SMILES string of the molecule is Cc1cnc(CNC(=O)CNC(=O)[C@@H](N)C(C)C)s1. The van der Waals surface area contributed by atoms with Crippen LogP contribution in [0.3, 0.4) is 0 Å². The number of hydrogen-bond donors (Lipinski definition) is 3. The van der Waals surface area contributed by atoms with Crippen LogP contribution in [0.5, 0.6) is 0 Å². The van der Waals surface area contributed by atoms with E-state index in [2.05, 4.69) is 15.6 Å². The summed E-state index contributed by atoms with van der Waals surface area (Å²) in [7, 11) is 0. The maximum Gasteiger partial charge on any atom is 0.239 e. The van der Waals surface area contributed by atoms with Crippen molar-refractivity contribution < 1.29 is 9.59 Å². The van der Waals surface area contributed by atoms with E-state index in [1.54, 1.807) is 6.20 Å². The molecule has 0 spiro atoms. The molecule has 0 aliphatic carbocycles. The van der Waals surface area contributed by atoms with Crippen LogP contribution >= 0.6 is 11.3 Å². The van der Waals surface area contributed by atoms with Gasteiger partial charge in [0, 0.05) is 11.1 Å². The summed E-state index contributed by atoms with van der Waals surface area (Å²) in [5.74, 6) is -0.520. The first-order valence-electron chi connectivity index (χ1n) is 6.11. The van der Waals surface area contributed by atoms with E-state index in [0.29, 0.717) is 6.54 Å². The monoisotopic (exact) mass is 284 g/mol. The number of nitrogens with zero attached hydrogens (tertiary/aromatic N) is 1. The molecule has 1 atom stereocenters. The maximum absolute atomic E-state index is 11.5. The highest BCUT2D eigenvalue weighted by Gasteiger charge is 2.17. The smallest absolute Gasteiger partial charge is 0.239 e. The molecule has 7 heteroatoms. The Morgan fingerprint density at radius 3 is 2.63 bits per heavy atom. The molecule has 1 rings (SSSR count). The van der Waals surface area contributed by atoms with Gasteiger partial charge in [-0.05, 0) is 12.8 Å². The molecule has 6 nitrogen and oxygen atoms in total. The molecule has 1 heterocycles. The normalized spacial score (nSPS) is 12.3. The zero-order chi connectivity index (χ0) is 14.4. The van der Waals surface area contributed by atoms with Crippen LogP contribution in [0.2, 0.25) is 0 Å². The van der Waals surface area contributed by atoms with Crippen molar-refractivity contribution in [1.29, 1.82) is 0 Å². The summed E-state index contributed by atoms with van der Waals surface area (Å²) < 4.78 is 0. The molecule has 1 aromatic heterocycles. The van der Waals surface area contributed by atoms with Gasteiger partial charge < -0.3 is 16.4 Å². The number of aromatic nitrogens is 1. The van der Waals surface area contributed by atoms with Crippen molar-refractivity contribution in [3.63, 3.8) is 0 Å². The molecule has 0 bridgehead atoms. The summed E-state index contributed by atoms with van der Waals surface area (Å²) >= 11 is 1.53. The molecular weight excluding hydrogens is 264 g/mol. The van der Waals surface area contributed by atoms with Crippen LogP contribution < -0.4 is 16.4 Å². The van der Waals surface area contributed by atoms with Gasteiger partial charge in [0.15, 0.2) is 0 Å². The van der Waals surface area contributed by atoms with E-state index in [0.717, 1.165) is 9.88 Å². The van der Waals surface area contributed by atoms with Gasteiger partial charge in [-0.2, -0.15) is 0 Å². The van der Waals surface area contributed by atoms with Crippen molar-refractivity contribution in [1.82, 2.24) is 15.6 Å². The minimum Gasteiger partial charge on any atom is -0.348 e. The van der Waals surface area contributed by atoms with Gasteiger partial charge in [0.2, 0.25) is 11.8 Å². The van der Waals surface area contributed by atoms with Gasteiger partial charge in [-0.15, -0.1) is 11.3 Å². The fourth-order valence-corrected chi connectivity index (χ4v) is 2.03. The molecule has 0 radical (unpaired) electrons. The summed E-state index contributed by atoms with van der Waals surface area (Å²) in [6, 6.07) is -0.589. The number of hydrogen-bond acceptors (Lipinski definition) is 5. The third-order valence-corrected chi connectivity index (χ3v) is 3.46. The van der Waals surface area contributed by atoms with Crippen molar-refractivity contribution >= 4 is 23.2 Å². The molecule has 19 heavy (non-hydrogen) atoms. The lowest BCUT2D eigenvalue weighted by molar-refractivity contribution is -0.127. The Balaban J connectivity index is 2.26. The van der Waals surface area contributed by atoms with E-state index in [1.807, 2.05) is 20.8 Å². The number of nitrogens with one attached hydrogen (secondary N) is 2. The van der Waals surface area contributed by atoms with Crippen LogP contribution in [0, 0.1) is 12.8 Å². The van der Waals surface area contributed by atoms with Crippen molar-refractivity contribution in [3.8, 4) is 0 Å².